The molecule has 0 unspecified atom stereocenters. The fourth-order valence-corrected chi connectivity index (χ4v) is 1.36. The molecule has 15 heavy (non-hydrogen) atoms. The summed E-state index contributed by atoms with van der Waals surface area (Å²) >= 11 is 0. The SMILES string of the molecule is O=CC1=C[N]c2cc(C(F)(F)F)ccc21. The average Bonchev–Trinajstić information content (AvgIpc) is 2.58. The molecule has 0 aromatic heterocycles. The first-order valence-corrected chi connectivity index (χ1v) is 4.10. The monoisotopic (exact) mass is 212 g/mol. The van der Waals surface area contributed by atoms with E-state index in [2.05, 4.69) is 5.32 Å². The molecule has 0 atom stereocenters. The number of alkyl halides is 3. The lowest BCUT2D eigenvalue weighted by atomic mass is 10.1. The number of fused-ring (bicyclic) bond motifs is 1. The van der Waals surface area contributed by atoms with E-state index in [1.54, 1.807) is 0 Å². The highest BCUT2D eigenvalue weighted by molar-refractivity contribution is 6.10. The van der Waals surface area contributed by atoms with Gasteiger partial charge >= 0.3 is 6.18 Å². The number of carbonyl (C=O) groups excluding carboxylic acids is 1. The van der Waals surface area contributed by atoms with Crippen LogP contribution >= 0.6 is 0 Å². The molecule has 1 aromatic rings. The molecule has 1 radical (unpaired) electrons. The Morgan fingerprint density at radius 3 is 2.60 bits per heavy atom. The predicted octanol–water partition coefficient (Wildman–Crippen LogP) is 2.49. The van der Waals surface area contributed by atoms with Crippen LogP contribution in [-0.4, -0.2) is 6.29 Å². The van der Waals surface area contributed by atoms with Gasteiger partial charge in [0.05, 0.1) is 11.3 Å². The fraction of sp³-hybridized carbons (Fsp3) is 0.100. The number of nitrogens with zero attached hydrogens (tertiary/aromatic N) is 1. The van der Waals surface area contributed by atoms with E-state index in [0.717, 1.165) is 12.1 Å². The molecule has 5 heteroatoms. The summed E-state index contributed by atoms with van der Waals surface area (Å²) < 4.78 is 36.9. The quantitative estimate of drug-likeness (QED) is 0.658. The van der Waals surface area contributed by atoms with E-state index in [1.165, 1.54) is 12.3 Å². The molecule has 0 fully saturated rings. The van der Waals surface area contributed by atoms with Crippen molar-refractivity contribution in [2.75, 3.05) is 0 Å². The predicted molar refractivity (Wildman–Crippen MR) is 47.3 cm³/mol. The third kappa shape index (κ3) is 1.60. The number of benzene rings is 1. The zero-order chi connectivity index (χ0) is 11.1. The van der Waals surface area contributed by atoms with Gasteiger partial charge in [-0.2, -0.15) is 13.2 Å². The maximum atomic E-state index is 12.3. The van der Waals surface area contributed by atoms with Crippen molar-refractivity contribution >= 4 is 17.5 Å². The van der Waals surface area contributed by atoms with Crippen LogP contribution in [0.15, 0.2) is 24.4 Å². The van der Waals surface area contributed by atoms with Gasteiger partial charge in [-0.1, -0.05) is 6.07 Å². The van der Waals surface area contributed by atoms with Crippen molar-refractivity contribution in [3.63, 3.8) is 0 Å². The van der Waals surface area contributed by atoms with Crippen LogP contribution in [0.25, 0.3) is 5.57 Å². The molecular formula is C10H5F3NO. The van der Waals surface area contributed by atoms with E-state index in [-0.39, 0.29) is 5.69 Å². The summed E-state index contributed by atoms with van der Waals surface area (Å²) in [6, 6.07) is 3.13. The number of hydrogen-bond donors (Lipinski definition) is 0. The van der Waals surface area contributed by atoms with Crippen LogP contribution in [0.1, 0.15) is 11.1 Å². The lowest BCUT2D eigenvalue weighted by molar-refractivity contribution is -0.137. The minimum absolute atomic E-state index is 0.187. The molecule has 0 spiro atoms. The third-order valence-corrected chi connectivity index (χ3v) is 2.11. The molecule has 0 saturated carbocycles. The highest BCUT2D eigenvalue weighted by Crippen LogP contribution is 2.36. The first-order valence-electron chi connectivity index (χ1n) is 4.10. The summed E-state index contributed by atoms with van der Waals surface area (Å²) in [5, 5.41) is 3.73. The summed E-state index contributed by atoms with van der Waals surface area (Å²) in [7, 11) is 0. The van der Waals surface area contributed by atoms with Crippen LogP contribution in [0.3, 0.4) is 0 Å². The number of aldehydes is 1. The van der Waals surface area contributed by atoms with Gasteiger partial charge in [-0.15, -0.1) is 0 Å². The van der Waals surface area contributed by atoms with Crippen molar-refractivity contribution in [2.24, 2.45) is 0 Å². The van der Waals surface area contributed by atoms with E-state index in [1.807, 2.05) is 0 Å². The lowest BCUT2D eigenvalue weighted by Gasteiger charge is -2.08. The average molecular weight is 212 g/mol. The fourth-order valence-electron chi connectivity index (χ4n) is 1.36. The lowest BCUT2D eigenvalue weighted by Crippen LogP contribution is -2.05. The van der Waals surface area contributed by atoms with Gasteiger partial charge in [-0.25, -0.2) is 0 Å². The summed E-state index contributed by atoms with van der Waals surface area (Å²) in [5.41, 5.74) is 0.175. The molecule has 0 aliphatic carbocycles. The van der Waals surface area contributed by atoms with Crippen molar-refractivity contribution in [1.29, 1.82) is 0 Å². The Morgan fingerprint density at radius 2 is 2.00 bits per heavy atom. The Balaban J connectivity index is 2.45. The second-order valence-electron chi connectivity index (χ2n) is 3.06. The van der Waals surface area contributed by atoms with Gasteiger partial charge in [-0.05, 0) is 12.1 Å². The molecule has 0 N–H and O–H groups in total. The summed E-state index contributed by atoms with van der Waals surface area (Å²) in [6.07, 6.45) is -2.55. The van der Waals surface area contributed by atoms with Crippen LogP contribution in [0.2, 0.25) is 0 Å². The molecule has 0 saturated heterocycles. The molecule has 0 bridgehead atoms. The van der Waals surface area contributed by atoms with Crippen LogP contribution in [0.5, 0.6) is 0 Å². The van der Waals surface area contributed by atoms with E-state index < -0.39 is 11.7 Å². The zero-order valence-electron chi connectivity index (χ0n) is 7.38. The van der Waals surface area contributed by atoms with E-state index in [9.17, 15) is 18.0 Å². The van der Waals surface area contributed by atoms with E-state index in [4.69, 9.17) is 0 Å². The number of halogens is 3. The van der Waals surface area contributed by atoms with Gasteiger partial charge in [0.25, 0.3) is 0 Å². The number of allylic oxidation sites excluding steroid dienone is 1. The second-order valence-corrected chi connectivity index (χ2v) is 3.06. The minimum Gasteiger partial charge on any atom is -0.298 e. The molecule has 77 valence electrons. The summed E-state index contributed by atoms with van der Waals surface area (Å²) in [5.74, 6) is 0. The maximum Gasteiger partial charge on any atom is 0.416 e. The van der Waals surface area contributed by atoms with Crippen LogP contribution in [-0.2, 0) is 11.0 Å². The Labute approximate surface area is 83.4 Å². The normalized spacial score (nSPS) is 14.2. The third-order valence-electron chi connectivity index (χ3n) is 2.11. The Bertz CT molecular complexity index is 448. The number of rotatable bonds is 1. The van der Waals surface area contributed by atoms with Crippen LogP contribution in [0, 0.1) is 0 Å². The minimum atomic E-state index is -4.38. The largest absolute Gasteiger partial charge is 0.416 e. The topological polar surface area (TPSA) is 31.2 Å². The molecule has 1 aromatic carbocycles. The van der Waals surface area contributed by atoms with Gasteiger partial charge in [0.15, 0.2) is 6.29 Å². The molecular weight excluding hydrogens is 207 g/mol. The molecule has 2 nitrogen and oxygen atoms in total. The van der Waals surface area contributed by atoms with Gasteiger partial charge in [0.1, 0.15) is 0 Å². The number of hydrogen-bond acceptors (Lipinski definition) is 1. The van der Waals surface area contributed by atoms with Gasteiger partial charge in [0, 0.05) is 17.3 Å². The van der Waals surface area contributed by atoms with Crippen molar-refractivity contribution < 1.29 is 18.0 Å². The molecule has 1 heterocycles. The van der Waals surface area contributed by atoms with Gasteiger partial charge in [-0.3, -0.25) is 10.1 Å². The van der Waals surface area contributed by atoms with E-state index in [0.29, 0.717) is 17.4 Å². The van der Waals surface area contributed by atoms with Gasteiger partial charge in [0.2, 0.25) is 0 Å². The smallest absolute Gasteiger partial charge is 0.298 e. The molecule has 2 rings (SSSR count). The summed E-state index contributed by atoms with van der Waals surface area (Å²) in [4.78, 5) is 10.5. The highest BCUT2D eigenvalue weighted by Gasteiger charge is 2.31. The van der Waals surface area contributed by atoms with Crippen LogP contribution in [0.4, 0.5) is 18.9 Å². The highest BCUT2D eigenvalue weighted by atomic mass is 19.4. The van der Waals surface area contributed by atoms with E-state index >= 15 is 0 Å². The standard InChI is InChI=1S/C10H5F3NO/c11-10(12,13)7-1-2-8-6(5-15)4-14-9(8)3-7/h1-5H. The van der Waals surface area contributed by atoms with Crippen molar-refractivity contribution in [3.8, 4) is 0 Å². The van der Waals surface area contributed by atoms with Crippen LogP contribution < -0.4 is 5.32 Å². The first-order chi connectivity index (χ1) is 7.02. The van der Waals surface area contributed by atoms with Gasteiger partial charge < -0.3 is 0 Å². The Kier molecular flexibility index (Phi) is 2.03. The first kappa shape index (κ1) is 9.76. The second kappa shape index (κ2) is 3.12. The van der Waals surface area contributed by atoms with Crippen molar-refractivity contribution in [3.05, 3.63) is 35.5 Å². The maximum absolute atomic E-state index is 12.3. The van der Waals surface area contributed by atoms with Crippen molar-refractivity contribution in [1.82, 2.24) is 5.32 Å². The number of carbonyl (C=O) groups is 1. The zero-order valence-corrected chi connectivity index (χ0v) is 7.38. The molecule has 1 aliphatic heterocycles. The molecule has 1 aliphatic rings. The Hall–Kier alpha value is -1.78. The molecule has 0 amide bonds. The van der Waals surface area contributed by atoms with Crippen molar-refractivity contribution in [2.45, 2.75) is 6.18 Å². The Morgan fingerprint density at radius 1 is 1.27 bits per heavy atom. The summed E-state index contributed by atoms with van der Waals surface area (Å²) in [6.45, 7) is 0.